The fraction of sp³-hybridized carbons (Fsp3) is 0.667. The SMILES string of the molecule is CCC1CNCCN1c1nc(C)cc(OC)n1. The summed E-state index contributed by atoms with van der Waals surface area (Å²) in [4.78, 5) is 11.2. The van der Waals surface area contributed by atoms with Crippen LogP contribution < -0.4 is 15.0 Å². The molecule has 1 aliphatic rings. The molecule has 1 fully saturated rings. The van der Waals surface area contributed by atoms with Crippen LogP contribution in [0.1, 0.15) is 19.0 Å². The molecule has 1 aliphatic heterocycles. The second-order valence-electron chi connectivity index (χ2n) is 4.31. The largest absolute Gasteiger partial charge is 0.481 e. The Morgan fingerprint density at radius 2 is 2.35 bits per heavy atom. The summed E-state index contributed by atoms with van der Waals surface area (Å²) in [6.07, 6.45) is 1.09. The van der Waals surface area contributed by atoms with Gasteiger partial charge in [0.2, 0.25) is 11.8 Å². The van der Waals surface area contributed by atoms with Crippen LogP contribution >= 0.6 is 0 Å². The summed E-state index contributed by atoms with van der Waals surface area (Å²) in [5.74, 6) is 1.43. The van der Waals surface area contributed by atoms with Crippen LogP contribution in [0.2, 0.25) is 0 Å². The van der Waals surface area contributed by atoms with E-state index < -0.39 is 0 Å². The van der Waals surface area contributed by atoms with E-state index in [1.807, 2.05) is 13.0 Å². The molecule has 1 N–H and O–H groups in total. The maximum absolute atomic E-state index is 5.20. The van der Waals surface area contributed by atoms with E-state index in [2.05, 4.69) is 27.1 Å². The van der Waals surface area contributed by atoms with Gasteiger partial charge in [0.05, 0.1) is 7.11 Å². The average molecular weight is 236 g/mol. The molecular weight excluding hydrogens is 216 g/mol. The van der Waals surface area contributed by atoms with Crippen molar-refractivity contribution in [3.63, 3.8) is 0 Å². The molecule has 1 saturated heterocycles. The van der Waals surface area contributed by atoms with Crippen molar-refractivity contribution in [3.05, 3.63) is 11.8 Å². The third-order valence-electron chi connectivity index (χ3n) is 3.11. The molecule has 1 aromatic heterocycles. The molecule has 0 aliphatic carbocycles. The molecule has 17 heavy (non-hydrogen) atoms. The van der Waals surface area contributed by atoms with Gasteiger partial charge >= 0.3 is 0 Å². The van der Waals surface area contributed by atoms with Gasteiger partial charge in [0, 0.05) is 37.4 Å². The third-order valence-corrected chi connectivity index (χ3v) is 3.11. The molecular formula is C12H20N4O. The number of aryl methyl sites for hydroxylation is 1. The summed E-state index contributed by atoms with van der Waals surface area (Å²) in [7, 11) is 1.64. The van der Waals surface area contributed by atoms with E-state index in [0.717, 1.165) is 37.7 Å². The molecule has 0 aromatic carbocycles. The van der Waals surface area contributed by atoms with Gasteiger partial charge in [-0.15, -0.1) is 0 Å². The number of anilines is 1. The van der Waals surface area contributed by atoms with E-state index in [-0.39, 0.29) is 0 Å². The predicted molar refractivity (Wildman–Crippen MR) is 67.6 cm³/mol. The summed E-state index contributed by atoms with van der Waals surface area (Å²) in [5.41, 5.74) is 0.945. The fourth-order valence-corrected chi connectivity index (χ4v) is 2.15. The topological polar surface area (TPSA) is 50.3 Å². The van der Waals surface area contributed by atoms with Crippen molar-refractivity contribution in [2.75, 3.05) is 31.6 Å². The molecule has 0 radical (unpaired) electrons. The van der Waals surface area contributed by atoms with E-state index in [9.17, 15) is 0 Å². The van der Waals surface area contributed by atoms with E-state index >= 15 is 0 Å². The van der Waals surface area contributed by atoms with Gasteiger partial charge in [-0.2, -0.15) is 4.98 Å². The van der Waals surface area contributed by atoms with Crippen molar-refractivity contribution in [1.29, 1.82) is 0 Å². The van der Waals surface area contributed by atoms with Crippen LogP contribution in [0.25, 0.3) is 0 Å². The summed E-state index contributed by atoms with van der Waals surface area (Å²) in [6, 6.07) is 2.32. The highest BCUT2D eigenvalue weighted by molar-refractivity contribution is 5.36. The quantitative estimate of drug-likeness (QED) is 0.848. The smallest absolute Gasteiger partial charge is 0.229 e. The zero-order valence-electron chi connectivity index (χ0n) is 10.7. The zero-order valence-corrected chi connectivity index (χ0v) is 10.7. The Balaban J connectivity index is 2.27. The number of rotatable bonds is 3. The lowest BCUT2D eigenvalue weighted by Gasteiger charge is -2.35. The van der Waals surface area contributed by atoms with E-state index in [0.29, 0.717) is 11.9 Å². The molecule has 1 atom stereocenters. The van der Waals surface area contributed by atoms with Crippen molar-refractivity contribution in [1.82, 2.24) is 15.3 Å². The number of nitrogens with one attached hydrogen (secondary N) is 1. The number of methoxy groups -OCH3 is 1. The summed E-state index contributed by atoms with van der Waals surface area (Å²) < 4.78 is 5.20. The Hall–Kier alpha value is -1.36. The second-order valence-corrected chi connectivity index (χ2v) is 4.31. The van der Waals surface area contributed by atoms with E-state index in [1.165, 1.54) is 0 Å². The number of aromatic nitrogens is 2. The first-order chi connectivity index (χ1) is 8.24. The first kappa shape index (κ1) is 12.1. The van der Waals surface area contributed by atoms with Gasteiger partial charge in [0.1, 0.15) is 0 Å². The summed E-state index contributed by atoms with van der Waals surface area (Å²) in [5, 5.41) is 3.40. The molecule has 2 rings (SSSR count). The standard InChI is InChI=1S/C12H20N4O/c1-4-10-8-13-5-6-16(10)12-14-9(2)7-11(15-12)17-3/h7,10,13H,4-6,8H2,1-3H3. The third kappa shape index (κ3) is 2.66. The van der Waals surface area contributed by atoms with Crippen molar-refractivity contribution < 1.29 is 4.74 Å². The van der Waals surface area contributed by atoms with Gasteiger partial charge in [-0.1, -0.05) is 6.92 Å². The molecule has 0 bridgehead atoms. The summed E-state index contributed by atoms with van der Waals surface area (Å²) in [6.45, 7) is 7.09. The van der Waals surface area contributed by atoms with Crippen LogP contribution in [0.4, 0.5) is 5.95 Å². The van der Waals surface area contributed by atoms with Gasteiger partial charge in [0.15, 0.2) is 0 Å². The van der Waals surface area contributed by atoms with Gasteiger partial charge in [0.25, 0.3) is 0 Å². The first-order valence-corrected chi connectivity index (χ1v) is 6.11. The van der Waals surface area contributed by atoms with Gasteiger partial charge in [-0.3, -0.25) is 0 Å². The van der Waals surface area contributed by atoms with Gasteiger partial charge in [-0.25, -0.2) is 4.98 Å². The highest BCUT2D eigenvalue weighted by Gasteiger charge is 2.23. The first-order valence-electron chi connectivity index (χ1n) is 6.11. The minimum atomic E-state index is 0.468. The Morgan fingerprint density at radius 3 is 3.06 bits per heavy atom. The molecule has 1 aromatic rings. The van der Waals surface area contributed by atoms with Crippen LogP contribution in [-0.2, 0) is 0 Å². The van der Waals surface area contributed by atoms with Crippen LogP contribution in [0.5, 0.6) is 5.88 Å². The monoisotopic (exact) mass is 236 g/mol. The maximum Gasteiger partial charge on any atom is 0.229 e. The number of hydrogen-bond donors (Lipinski definition) is 1. The van der Waals surface area contributed by atoms with Crippen molar-refractivity contribution in [2.45, 2.75) is 26.3 Å². The van der Waals surface area contributed by atoms with Gasteiger partial charge in [-0.05, 0) is 13.3 Å². The normalized spacial score (nSPS) is 20.4. The van der Waals surface area contributed by atoms with Gasteiger partial charge < -0.3 is 15.0 Å². The highest BCUT2D eigenvalue weighted by Crippen LogP contribution is 2.19. The molecule has 1 unspecified atom stereocenters. The Morgan fingerprint density at radius 1 is 1.53 bits per heavy atom. The fourth-order valence-electron chi connectivity index (χ4n) is 2.15. The zero-order chi connectivity index (χ0) is 12.3. The average Bonchev–Trinajstić information content (AvgIpc) is 2.37. The Labute approximate surface area is 102 Å². The minimum absolute atomic E-state index is 0.468. The molecule has 2 heterocycles. The Kier molecular flexibility index (Phi) is 3.78. The van der Waals surface area contributed by atoms with Crippen LogP contribution in [0.3, 0.4) is 0 Å². The minimum Gasteiger partial charge on any atom is -0.481 e. The van der Waals surface area contributed by atoms with Crippen LogP contribution in [-0.4, -0.2) is 42.8 Å². The molecule has 0 saturated carbocycles. The number of hydrogen-bond acceptors (Lipinski definition) is 5. The lowest BCUT2D eigenvalue weighted by Crippen LogP contribution is -2.51. The highest BCUT2D eigenvalue weighted by atomic mass is 16.5. The second kappa shape index (κ2) is 5.31. The molecule has 5 heteroatoms. The van der Waals surface area contributed by atoms with Crippen LogP contribution in [0, 0.1) is 6.92 Å². The molecule has 5 nitrogen and oxygen atoms in total. The predicted octanol–water partition coefficient (Wildman–Crippen LogP) is 0.982. The van der Waals surface area contributed by atoms with E-state index in [4.69, 9.17) is 4.74 Å². The lowest BCUT2D eigenvalue weighted by molar-refractivity contribution is 0.393. The summed E-state index contributed by atoms with van der Waals surface area (Å²) >= 11 is 0. The number of piperazine rings is 1. The van der Waals surface area contributed by atoms with Crippen LogP contribution in [0.15, 0.2) is 6.07 Å². The van der Waals surface area contributed by atoms with E-state index in [1.54, 1.807) is 7.11 Å². The number of ether oxygens (including phenoxy) is 1. The molecule has 0 spiro atoms. The van der Waals surface area contributed by atoms with Crippen molar-refractivity contribution in [2.24, 2.45) is 0 Å². The maximum atomic E-state index is 5.20. The molecule has 0 amide bonds. The molecule has 94 valence electrons. The van der Waals surface area contributed by atoms with Crippen molar-refractivity contribution >= 4 is 5.95 Å². The van der Waals surface area contributed by atoms with Crippen molar-refractivity contribution in [3.8, 4) is 5.88 Å². The lowest BCUT2D eigenvalue weighted by atomic mass is 10.1. The Bertz CT molecular complexity index is 383. The number of nitrogens with zero attached hydrogens (tertiary/aromatic N) is 3.